The molecular formula is C11H8F2O4. The van der Waals surface area contributed by atoms with Crippen molar-refractivity contribution in [1.29, 1.82) is 0 Å². The van der Waals surface area contributed by atoms with Crippen LogP contribution in [0, 0.1) is 11.6 Å². The van der Waals surface area contributed by atoms with Gasteiger partial charge >= 0.3 is 11.9 Å². The van der Waals surface area contributed by atoms with E-state index in [1.807, 2.05) is 0 Å². The van der Waals surface area contributed by atoms with Gasteiger partial charge in [-0.2, -0.15) is 0 Å². The Hall–Kier alpha value is -1.98. The van der Waals surface area contributed by atoms with E-state index in [1.54, 1.807) is 0 Å². The van der Waals surface area contributed by atoms with Crippen LogP contribution in [0.5, 0.6) is 0 Å². The van der Waals surface area contributed by atoms with E-state index in [4.69, 9.17) is 9.84 Å². The maximum absolute atomic E-state index is 13.5. The van der Waals surface area contributed by atoms with Crippen molar-refractivity contribution in [2.45, 2.75) is 18.9 Å². The highest BCUT2D eigenvalue weighted by Gasteiger charge is 2.44. The molecular weight excluding hydrogens is 234 g/mol. The summed E-state index contributed by atoms with van der Waals surface area (Å²) in [6.45, 7) is 1.17. The van der Waals surface area contributed by atoms with Crippen molar-refractivity contribution < 1.29 is 28.2 Å². The summed E-state index contributed by atoms with van der Waals surface area (Å²) in [5.41, 5.74) is -2.21. The van der Waals surface area contributed by atoms with Crippen LogP contribution in [0.4, 0.5) is 8.78 Å². The summed E-state index contributed by atoms with van der Waals surface area (Å²) in [6, 6.07) is 1.45. The third-order valence-corrected chi connectivity index (χ3v) is 2.66. The molecule has 1 unspecified atom stereocenters. The molecule has 1 aliphatic heterocycles. The van der Waals surface area contributed by atoms with Gasteiger partial charge in [-0.25, -0.2) is 18.4 Å². The number of aliphatic carboxylic acids is 1. The van der Waals surface area contributed by atoms with Gasteiger partial charge in [0, 0.05) is 18.1 Å². The first kappa shape index (κ1) is 11.5. The summed E-state index contributed by atoms with van der Waals surface area (Å²) in [5.74, 6) is -4.25. The lowest BCUT2D eigenvalue weighted by atomic mass is 9.89. The molecule has 6 heteroatoms. The smallest absolute Gasteiger partial charge is 0.348 e. The lowest BCUT2D eigenvalue weighted by Gasteiger charge is -2.30. The molecule has 17 heavy (non-hydrogen) atoms. The minimum atomic E-state index is -1.82. The van der Waals surface area contributed by atoms with E-state index in [2.05, 4.69) is 0 Å². The molecule has 0 radical (unpaired) electrons. The van der Waals surface area contributed by atoms with Crippen molar-refractivity contribution in [2.24, 2.45) is 0 Å². The average molecular weight is 242 g/mol. The van der Waals surface area contributed by atoms with E-state index < -0.39 is 29.2 Å². The van der Waals surface area contributed by atoms with Gasteiger partial charge in [0.25, 0.3) is 0 Å². The van der Waals surface area contributed by atoms with E-state index in [0.29, 0.717) is 6.07 Å². The van der Waals surface area contributed by atoms with Crippen LogP contribution in [0.3, 0.4) is 0 Å². The van der Waals surface area contributed by atoms with Gasteiger partial charge in [0.2, 0.25) is 5.60 Å². The molecule has 0 aromatic heterocycles. The molecule has 0 fully saturated rings. The normalized spacial score (nSPS) is 22.9. The topological polar surface area (TPSA) is 63.6 Å². The molecule has 0 aliphatic carbocycles. The highest BCUT2D eigenvalue weighted by Crippen LogP contribution is 2.30. The zero-order chi connectivity index (χ0) is 12.8. The Morgan fingerprint density at radius 3 is 2.71 bits per heavy atom. The van der Waals surface area contributed by atoms with Gasteiger partial charge in [-0.05, 0) is 13.0 Å². The fourth-order valence-electron chi connectivity index (χ4n) is 1.72. The van der Waals surface area contributed by atoms with E-state index >= 15 is 0 Å². The first-order valence-electron chi connectivity index (χ1n) is 4.78. The number of esters is 1. The molecule has 2 rings (SSSR count). The number of cyclic esters (lactones) is 1. The highest BCUT2D eigenvalue weighted by molar-refractivity contribution is 5.96. The monoisotopic (exact) mass is 242 g/mol. The quantitative estimate of drug-likeness (QED) is 0.758. The summed E-state index contributed by atoms with van der Waals surface area (Å²) in [4.78, 5) is 22.4. The highest BCUT2D eigenvalue weighted by atomic mass is 19.1. The summed E-state index contributed by atoms with van der Waals surface area (Å²) >= 11 is 0. The lowest BCUT2D eigenvalue weighted by molar-refractivity contribution is -0.158. The molecule has 0 amide bonds. The molecule has 1 aromatic rings. The van der Waals surface area contributed by atoms with Crippen LogP contribution in [0.15, 0.2) is 12.1 Å². The van der Waals surface area contributed by atoms with Crippen LogP contribution in [0.25, 0.3) is 0 Å². The van der Waals surface area contributed by atoms with Crippen LogP contribution < -0.4 is 0 Å². The number of fused-ring (bicyclic) bond motifs is 1. The fraction of sp³-hybridized carbons (Fsp3) is 0.273. The minimum Gasteiger partial charge on any atom is -0.478 e. The Bertz CT molecular complexity index is 526. The molecule has 1 heterocycles. The number of hydrogen-bond donors (Lipinski definition) is 1. The van der Waals surface area contributed by atoms with Crippen LogP contribution in [0.1, 0.15) is 22.8 Å². The number of carboxylic acid groups (broad SMARTS) is 1. The Morgan fingerprint density at radius 1 is 1.47 bits per heavy atom. The molecule has 0 bridgehead atoms. The van der Waals surface area contributed by atoms with Gasteiger partial charge in [-0.15, -0.1) is 0 Å². The van der Waals surface area contributed by atoms with Crippen molar-refractivity contribution in [3.05, 3.63) is 34.9 Å². The Labute approximate surface area is 94.8 Å². The summed E-state index contributed by atoms with van der Waals surface area (Å²) in [5, 5.41) is 8.91. The van der Waals surface area contributed by atoms with Crippen LogP contribution in [0.2, 0.25) is 0 Å². The standard InChI is InChI=1S/C11H8F2O4/c1-11(10(15)16)4-7-6(9(14)17-11)2-5(12)3-8(7)13/h2-3H,4H2,1H3,(H,15,16). The van der Waals surface area contributed by atoms with Crippen LogP contribution in [-0.4, -0.2) is 22.6 Å². The van der Waals surface area contributed by atoms with E-state index in [1.165, 1.54) is 6.92 Å². The van der Waals surface area contributed by atoms with Crippen LogP contribution >= 0.6 is 0 Å². The summed E-state index contributed by atoms with van der Waals surface area (Å²) in [6.07, 6.45) is -0.324. The zero-order valence-corrected chi connectivity index (χ0v) is 8.79. The number of hydrogen-bond acceptors (Lipinski definition) is 3. The van der Waals surface area contributed by atoms with Crippen molar-refractivity contribution >= 4 is 11.9 Å². The predicted molar refractivity (Wildman–Crippen MR) is 51.5 cm³/mol. The molecule has 0 saturated carbocycles. The van der Waals surface area contributed by atoms with E-state index in [9.17, 15) is 18.4 Å². The second-order valence-electron chi connectivity index (χ2n) is 4.02. The predicted octanol–water partition coefficient (Wildman–Crippen LogP) is 1.52. The number of halogens is 2. The zero-order valence-electron chi connectivity index (χ0n) is 8.79. The van der Waals surface area contributed by atoms with Crippen molar-refractivity contribution in [3.63, 3.8) is 0 Å². The Balaban J connectivity index is 2.58. The number of ether oxygens (including phenoxy) is 1. The second-order valence-corrected chi connectivity index (χ2v) is 4.02. The average Bonchev–Trinajstić information content (AvgIpc) is 2.20. The first-order valence-corrected chi connectivity index (χ1v) is 4.78. The molecule has 1 atom stereocenters. The summed E-state index contributed by atoms with van der Waals surface area (Å²) in [7, 11) is 0. The van der Waals surface area contributed by atoms with E-state index in [0.717, 1.165) is 6.07 Å². The van der Waals surface area contributed by atoms with Crippen molar-refractivity contribution in [1.82, 2.24) is 0 Å². The minimum absolute atomic E-state index is 0.132. The maximum Gasteiger partial charge on any atom is 0.348 e. The molecule has 90 valence electrons. The Kier molecular flexibility index (Phi) is 2.38. The number of carboxylic acids is 1. The van der Waals surface area contributed by atoms with Gasteiger partial charge < -0.3 is 9.84 Å². The largest absolute Gasteiger partial charge is 0.478 e. The molecule has 1 aromatic carbocycles. The van der Waals surface area contributed by atoms with Gasteiger partial charge in [0.1, 0.15) is 11.6 Å². The number of carbonyl (C=O) groups excluding carboxylic acids is 1. The molecule has 4 nitrogen and oxygen atoms in total. The van der Waals surface area contributed by atoms with Gasteiger partial charge in [-0.3, -0.25) is 0 Å². The SMILES string of the molecule is CC1(C(=O)O)Cc2c(F)cc(F)cc2C(=O)O1. The molecule has 1 aliphatic rings. The molecule has 0 spiro atoms. The fourth-order valence-corrected chi connectivity index (χ4v) is 1.72. The third kappa shape index (κ3) is 1.75. The van der Waals surface area contributed by atoms with Gasteiger partial charge in [0.15, 0.2) is 0 Å². The number of benzene rings is 1. The molecule has 1 N–H and O–H groups in total. The number of carbonyl (C=O) groups is 2. The van der Waals surface area contributed by atoms with Gasteiger partial charge in [-0.1, -0.05) is 0 Å². The maximum atomic E-state index is 13.5. The number of rotatable bonds is 1. The van der Waals surface area contributed by atoms with E-state index in [-0.39, 0.29) is 17.5 Å². The lowest BCUT2D eigenvalue weighted by Crippen LogP contribution is -2.46. The Morgan fingerprint density at radius 2 is 2.12 bits per heavy atom. The van der Waals surface area contributed by atoms with Crippen molar-refractivity contribution in [3.8, 4) is 0 Å². The van der Waals surface area contributed by atoms with Crippen LogP contribution in [-0.2, 0) is 16.0 Å². The first-order chi connectivity index (χ1) is 7.83. The summed E-state index contributed by atoms with van der Waals surface area (Å²) < 4.78 is 31.1. The van der Waals surface area contributed by atoms with Crippen molar-refractivity contribution in [2.75, 3.05) is 0 Å². The second kappa shape index (κ2) is 3.51. The third-order valence-electron chi connectivity index (χ3n) is 2.66. The molecule has 0 saturated heterocycles. The van der Waals surface area contributed by atoms with Gasteiger partial charge in [0.05, 0.1) is 5.56 Å².